The van der Waals surface area contributed by atoms with Gasteiger partial charge in [0, 0.05) is 0 Å². The zero-order valence-electron chi connectivity index (χ0n) is 12.1. The number of hydrogen-bond acceptors (Lipinski definition) is 2. The molecule has 0 aromatic rings. The average Bonchev–Trinajstić information content (AvgIpc) is 1.69. The molecule has 16 heavy (non-hydrogen) atoms. The third-order valence-electron chi connectivity index (χ3n) is 2.62. The van der Waals surface area contributed by atoms with Crippen molar-refractivity contribution < 1.29 is 10.2 Å². The van der Waals surface area contributed by atoms with E-state index in [1.54, 1.807) is 0 Å². The smallest absolute Gasteiger partial charge is 0.0597 e. The van der Waals surface area contributed by atoms with Gasteiger partial charge < -0.3 is 10.2 Å². The summed E-state index contributed by atoms with van der Waals surface area (Å²) < 4.78 is 0. The van der Waals surface area contributed by atoms with Gasteiger partial charge in [-0.3, -0.25) is 0 Å². The highest BCUT2D eigenvalue weighted by Gasteiger charge is 2.36. The number of hydrogen-bond donors (Lipinski definition) is 2. The summed E-state index contributed by atoms with van der Waals surface area (Å²) in [4.78, 5) is 0. The standard InChI is InChI=1S/C14H30O2/c1-11(2)8-14(7,9-12(3,4)15)10-13(5,6)16/h11,15-16H,8-10H2,1-7H3. The Morgan fingerprint density at radius 1 is 0.812 bits per heavy atom. The molecule has 0 saturated carbocycles. The van der Waals surface area contributed by atoms with Crippen molar-refractivity contribution in [2.24, 2.45) is 11.3 Å². The third-order valence-corrected chi connectivity index (χ3v) is 2.62. The van der Waals surface area contributed by atoms with Crippen molar-refractivity contribution in [3.8, 4) is 0 Å². The van der Waals surface area contributed by atoms with E-state index in [0.29, 0.717) is 5.92 Å². The van der Waals surface area contributed by atoms with Crippen LogP contribution in [0.2, 0.25) is 0 Å². The van der Waals surface area contributed by atoms with Crippen LogP contribution in [-0.4, -0.2) is 21.4 Å². The Hall–Kier alpha value is -0.0800. The summed E-state index contributed by atoms with van der Waals surface area (Å²) in [5.74, 6) is 0.578. The van der Waals surface area contributed by atoms with E-state index in [9.17, 15) is 10.2 Å². The fourth-order valence-electron chi connectivity index (χ4n) is 3.28. The number of rotatable bonds is 6. The van der Waals surface area contributed by atoms with Crippen molar-refractivity contribution in [2.45, 2.75) is 78.9 Å². The van der Waals surface area contributed by atoms with Crippen LogP contribution in [0.1, 0.15) is 67.7 Å². The molecule has 0 unspecified atom stereocenters. The maximum absolute atomic E-state index is 9.98. The lowest BCUT2D eigenvalue weighted by molar-refractivity contribution is -0.0285. The minimum absolute atomic E-state index is 0.00926. The maximum atomic E-state index is 9.98. The van der Waals surface area contributed by atoms with Gasteiger partial charge in [-0.05, 0) is 58.3 Å². The van der Waals surface area contributed by atoms with Gasteiger partial charge in [-0.1, -0.05) is 20.8 Å². The first kappa shape index (κ1) is 15.9. The van der Waals surface area contributed by atoms with Gasteiger partial charge in [-0.15, -0.1) is 0 Å². The Bertz CT molecular complexity index is 190. The predicted molar refractivity (Wildman–Crippen MR) is 69.4 cm³/mol. The lowest BCUT2D eigenvalue weighted by Crippen LogP contribution is -2.37. The average molecular weight is 230 g/mol. The molecule has 0 aromatic carbocycles. The largest absolute Gasteiger partial charge is 0.390 e. The third kappa shape index (κ3) is 8.12. The highest BCUT2D eigenvalue weighted by atomic mass is 16.3. The highest BCUT2D eigenvalue weighted by molar-refractivity contribution is 4.87. The van der Waals surface area contributed by atoms with Gasteiger partial charge in [0.05, 0.1) is 11.2 Å². The first-order chi connectivity index (χ1) is 6.83. The van der Waals surface area contributed by atoms with E-state index in [0.717, 1.165) is 19.3 Å². The summed E-state index contributed by atoms with van der Waals surface area (Å²) in [6.07, 6.45) is 2.48. The predicted octanol–water partition coefficient (Wildman–Crippen LogP) is 3.36. The second kappa shape index (κ2) is 5.05. The molecule has 2 heteroatoms. The quantitative estimate of drug-likeness (QED) is 0.734. The van der Waals surface area contributed by atoms with Crippen molar-refractivity contribution in [2.75, 3.05) is 0 Å². The monoisotopic (exact) mass is 230 g/mol. The Labute approximate surface area is 101 Å². The molecule has 0 fully saturated rings. The zero-order valence-corrected chi connectivity index (χ0v) is 12.1. The molecule has 2 N–H and O–H groups in total. The highest BCUT2D eigenvalue weighted by Crippen LogP contribution is 2.41. The van der Waals surface area contributed by atoms with Crippen LogP contribution in [0.3, 0.4) is 0 Å². The van der Waals surface area contributed by atoms with E-state index < -0.39 is 11.2 Å². The van der Waals surface area contributed by atoms with Gasteiger partial charge in [-0.25, -0.2) is 0 Å². The fourth-order valence-corrected chi connectivity index (χ4v) is 3.28. The molecule has 0 heterocycles. The summed E-state index contributed by atoms with van der Waals surface area (Å²) in [6.45, 7) is 13.9. The van der Waals surface area contributed by atoms with Crippen molar-refractivity contribution in [3.05, 3.63) is 0 Å². The molecule has 0 radical (unpaired) electrons. The Balaban J connectivity index is 4.75. The second-order valence-corrected chi connectivity index (χ2v) is 7.39. The van der Waals surface area contributed by atoms with Crippen LogP contribution in [0.15, 0.2) is 0 Å². The van der Waals surface area contributed by atoms with Crippen LogP contribution in [0, 0.1) is 11.3 Å². The molecule has 0 atom stereocenters. The van der Waals surface area contributed by atoms with Crippen LogP contribution in [-0.2, 0) is 0 Å². The molecule has 98 valence electrons. The van der Waals surface area contributed by atoms with Crippen LogP contribution in [0.25, 0.3) is 0 Å². The molecule has 0 saturated heterocycles. The fraction of sp³-hybridized carbons (Fsp3) is 1.00. The molecule has 0 aliphatic rings. The Morgan fingerprint density at radius 2 is 1.12 bits per heavy atom. The van der Waals surface area contributed by atoms with Crippen molar-refractivity contribution in [1.82, 2.24) is 0 Å². The van der Waals surface area contributed by atoms with E-state index in [-0.39, 0.29) is 5.41 Å². The molecule has 0 aliphatic heterocycles. The molecule has 0 spiro atoms. The molecule has 0 amide bonds. The minimum atomic E-state index is -0.672. The SMILES string of the molecule is CC(C)CC(C)(CC(C)(C)O)CC(C)(C)O. The van der Waals surface area contributed by atoms with E-state index in [2.05, 4.69) is 20.8 Å². The van der Waals surface area contributed by atoms with E-state index in [4.69, 9.17) is 0 Å². The second-order valence-electron chi connectivity index (χ2n) is 7.39. The normalized spacial score (nSPS) is 14.6. The Kier molecular flexibility index (Phi) is 5.03. The van der Waals surface area contributed by atoms with Gasteiger partial charge in [0.15, 0.2) is 0 Å². The minimum Gasteiger partial charge on any atom is -0.390 e. The van der Waals surface area contributed by atoms with Crippen LogP contribution in [0.5, 0.6) is 0 Å². The van der Waals surface area contributed by atoms with Crippen LogP contribution >= 0.6 is 0 Å². The van der Waals surface area contributed by atoms with E-state index in [1.807, 2.05) is 27.7 Å². The van der Waals surface area contributed by atoms with Crippen LogP contribution in [0.4, 0.5) is 0 Å². The maximum Gasteiger partial charge on any atom is 0.0597 e. The molecule has 0 aromatic heterocycles. The lowest BCUT2D eigenvalue weighted by Gasteiger charge is -2.40. The van der Waals surface area contributed by atoms with Crippen molar-refractivity contribution in [1.29, 1.82) is 0 Å². The number of aliphatic hydroxyl groups is 2. The summed E-state index contributed by atoms with van der Waals surface area (Å²) in [7, 11) is 0. The summed E-state index contributed by atoms with van der Waals surface area (Å²) >= 11 is 0. The summed E-state index contributed by atoms with van der Waals surface area (Å²) in [5.41, 5.74) is -1.35. The molecule has 0 aliphatic carbocycles. The van der Waals surface area contributed by atoms with E-state index in [1.165, 1.54) is 0 Å². The van der Waals surface area contributed by atoms with Gasteiger partial charge in [0.1, 0.15) is 0 Å². The van der Waals surface area contributed by atoms with Crippen LogP contribution < -0.4 is 0 Å². The molecule has 2 nitrogen and oxygen atoms in total. The van der Waals surface area contributed by atoms with Gasteiger partial charge in [-0.2, -0.15) is 0 Å². The molecular formula is C14H30O2. The van der Waals surface area contributed by atoms with E-state index >= 15 is 0 Å². The molecule has 0 bridgehead atoms. The van der Waals surface area contributed by atoms with Gasteiger partial charge >= 0.3 is 0 Å². The van der Waals surface area contributed by atoms with Crippen molar-refractivity contribution >= 4 is 0 Å². The topological polar surface area (TPSA) is 40.5 Å². The van der Waals surface area contributed by atoms with Crippen molar-refractivity contribution in [3.63, 3.8) is 0 Å². The van der Waals surface area contributed by atoms with Gasteiger partial charge in [0.25, 0.3) is 0 Å². The summed E-state index contributed by atoms with van der Waals surface area (Å²) in [5, 5.41) is 20.0. The molecular weight excluding hydrogens is 200 g/mol. The Morgan fingerprint density at radius 3 is 1.31 bits per heavy atom. The zero-order chi connectivity index (χ0) is 13.2. The lowest BCUT2D eigenvalue weighted by atomic mass is 9.69. The first-order valence-corrected chi connectivity index (χ1v) is 6.28. The molecule has 0 rings (SSSR count). The first-order valence-electron chi connectivity index (χ1n) is 6.28. The summed E-state index contributed by atoms with van der Waals surface area (Å²) in [6, 6.07) is 0. The van der Waals surface area contributed by atoms with Gasteiger partial charge in [0.2, 0.25) is 0 Å².